The van der Waals surface area contributed by atoms with Gasteiger partial charge in [-0.1, -0.05) is 6.42 Å². The predicted molar refractivity (Wildman–Crippen MR) is 100 cm³/mol. The van der Waals surface area contributed by atoms with Crippen molar-refractivity contribution in [3.63, 3.8) is 0 Å². The summed E-state index contributed by atoms with van der Waals surface area (Å²) in [6, 6.07) is 6.01. The maximum absolute atomic E-state index is 5.45. The van der Waals surface area contributed by atoms with Gasteiger partial charge >= 0.3 is 0 Å². The van der Waals surface area contributed by atoms with Crippen molar-refractivity contribution < 1.29 is 9.47 Å². The van der Waals surface area contributed by atoms with Gasteiger partial charge in [-0.3, -0.25) is 0 Å². The van der Waals surface area contributed by atoms with E-state index in [4.69, 9.17) is 14.5 Å². The quantitative estimate of drug-likeness (QED) is 0.767. The molecule has 1 N–H and O–H groups in total. The molecule has 0 amide bonds. The Kier molecular flexibility index (Phi) is 5.49. The lowest BCUT2D eigenvalue weighted by Gasteiger charge is -2.26. The van der Waals surface area contributed by atoms with Crippen LogP contribution in [0.15, 0.2) is 23.6 Å². The Morgan fingerprint density at radius 3 is 2.92 bits per heavy atom. The normalized spacial score (nSPS) is 17.1. The van der Waals surface area contributed by atoms with Crippen LogP contribution in [-0.2, 0) is 6.54 Å². The molecular weight excluding hydrogens is 334 g/mol. The maximum Gasteiger partial charge on any atom is 0.231 e. The van der Waals surface area contributed by atoms with Crippen LogP contribution >= 0.6 is 11.3 Å². The first kappa shape index (κ1) is 16.8. The zero-order valence-electron chi connectivity index (χ0n) is 14.5. The van der Waals surface area contributed by atoms with Gasteiger partial charge in [-0.15, -0.1) is 11.3 Å². The van der Waals surface area contributed by atoms with E-state index >= 15 is 0 Å². The molecule has 2 aromatic rings. The lowest BCUT2D eigenvalue weighted by Crippen LogP contribution is -2.32. The van der Waals surface area contributed by atoms with Crippen LogP contribution < -0.4 is 14.8 Å². The number of rotatable bonds is 7. The minimum absolute atomic E-state index is 0.309. The Labute approximate surface area is 153 Å². The number of likely N-dealkylation sites (tertiary alicyclic amines) is 1. The van der Waals surface area contributed by atoms with Gasteiger partial charge in [-0.05, 0) is 63.6 Å². The van der Waals surface area contributed by atoms with Gasteiger partial charge in [0.2, 0.25) is 6.79 Å². The summed E-state index contributed by atoms with van der Waals surface area (Å²) in [5.74, 6) is 1.63. The molecule has 1 aromatic carbocycles. The average molecular weight is 359 g/mol. The minimum atomic E-state index is 0.309. The van der Waals surface area contributed by atoms with Crippen molar-refractivity contribution in [3.05, 3.63) is 29.3 Å². The van der Waals surface area contributed by atoms with Gasteiger partial charge < -0.3 is 19.7 Å². The minimum Gasteiger partial charge on any atom is -0.454 e. The molecule has 0 radical (unpaired) electrons. The number of aromatic nitrogens is 1. The largest absolute Gasteiger partial charge is 0.454 e. The number of piperidine rings is 1. The fourth-order valence-electron chi connectivity index (χ4n) is 3.38. The third-order valence-electron chi connectivity index (χ3n) is 4.75. The first-order valence-electron chi connectivity index (χ1n) is 9.16. The van der Waals surface area contributed by atoms with E-state index in [2.05, 4.69) is 15.6 Å². The number of fused-ring (bicyclic) bond motifs is 1. The van der Waals surface area contributed by atoms with Crippen LogP contribution in [0.4, 0.5) is 0 Å². The predicted octanol–water partition coefficient (Wildman–Crippen LogP) is 3.50. The molecule has 2 aliphatic heterocycles. The standard InChI is InChI=1S/C19H25N3O2S/c1-2-8-22(9-3-1)10-4-7-20-12-16-13-25-19(21-16)15-5-6-17-18(11-15)24-14-23-17/h5-6,11,13,20H,1-4,7-10,12,14H2. The summed E-state index contributed by atoms with van der Waals surface area (Å²) in [5.41, 5.74) is 2.20. The van der Waals surface area contributed by atoms with Gasteiger partial charge in [-0.2, -0.15) is 0 Å². The zero-order valence-corrected chi connectivity index (χ0v) is 15.3. The number of hydrogen-bond acceptors (Lipinski definition) is 6. The molecule has 0 unspecified atom stereocenters. The molecule has 134 valence electrons. The molecule has 1 fully saturated rings. The van der Waals surface area contributed by atoms with Crippen LogP contribution in [0.1, 0.15) is 31.4 Å². The number of thiazole rings is 1. The Hall–Kier alpha value is -1.63. The third-order valence-corrected chi connectivity index (χ3v) is 5.69. The topological polar surface area (TPSA) is 46.6 Å². The number of nitrogens with one attached hydrogen (secondary N) is 1. The van der Waals surface area contributed by atoms with E-state index in [0.29, 0.717) is 6.79 Å². The van der Waals surface area contributed by atoms with E-state index in [1.165, 1.54) is 45.3 Å². The Bertz CT molecular complexity index is 698. The maximum atomic E-state index is 5.45. The zero-order chi connectivity index (χ0) is 16.9. The van der Waals surface area contributed by atoms with Crippen molar-refractivity contribution in [3.8, 4) is 22.1 Å². The summed E-state index contributed by atoms with van der Waals surface area (Å²) in [5, 5.41) is 6.69. The number of nitrogens with zero attached hydrogens (tertiary/aromatic N) is 2. The highest BCUT2D eigenvalue weighted by Crippen LogP contribution is 2.36. The molecule has 0 aliphatic carbocycles. The van der Waals surface area contributed by atoms with Crippen LogP contribution in [0.5, 0.6) is 11.5 Å². The summed E-state index contributed by atoms with van der Waals surface area (Å²) in [4.78, 5) is 7.33. The Morgan fingerprint density at radius 2 is 2.00 bits per heavy atom. The second-order valence-corrected chi connectivity index (χ2v) is 7.50. The monoisotopic (exact) mass is 359 g/mol. The van der Waals surface area contributed by atoms with E-state index in [-0.39, 0.29) is 0 Å². The molecule has 0 atom stereocenters. The summed E-state index contributed by atoms with van der Waals surface area (Å²) in [7, 11) is 0. The number of hydrogen-bond donors (Lipinski definition) is 1. The summed E-state index contributed by atoms with van der Waals surface area (Å²) < 4.78 is 10.8. The fraction of sp³-hybridized carbons (Fsp3) is 0.526. The van der Waals surface area contributed by atoms with E-state index in [9.17, 15) is 0 Å². The van der Waals surface area contributed by atoms with Gasteiger partial charge in [0.25, 0.3) is 0 Å². The number of ether oxygens (including phenoxy) is 2. The average Bonchev–Trinajstić information content (AvgIpc) is 3.31. The molecular formula is C19H25N3O2S. The van der Waals surface area contributed by atoms with E-state index in [0.717, 1.165) is 40.9 Å². The molecule has 5 nitrogen and oxygen atoms in total. The Morgan fingerprint density at radius 1 is 1.12 bits per heavy atom. The van der Waals surface area contributed by atoms with Crippen molar-refractivity contribution in [1.82, 2.24) is 15.2 Å². The van der Waals surface area contributed by atoms with Crippen LogP contribution in [0.2, 0.25) is 0 Å². The molecule has 3 heterocycles. The molecule has 4 rings (SSSR count). The molecule has 6 heteroatoms. The second kappa shape index (κ2) is 8.17. The van der Waals surface area contributed by atoms with Gasteiger partial charge in [0.1, 0.15) is 5.01 Å². The highest BCUT2D eigenvalue weighted by atomic mass is 32.1. The molecule has 25 heavy (non-hydrogen) atoms. The molecule has 1 aromatic heterocycles. The van der Waals surface area contributed by atoms with Crippen molar-refractivity contribution in [2.45, 2.75) is 32.2 Å². The van der Waals surface area contributed by atoms with Crippen LogP contribution in [-0.4, -0.2) is 42.9 Å². The first-order valence-corrected chi connectivity index (χ1v) is 10.0. The molecule has 1 saturated heterocycles. The molecule has 2 aliphatic rings. The van der Waals surface area contributed by atoms with Gasteiger partial charge in [0.05, 0.1) is 5.69 Å². The van der Waals surface area contributed by atoms with Gasteiger partial charge in [0, 0.05) is 17.5 Å². The van der Waals surface area contributed by atoms with Crippen molar-refractivity contribution in [2.24, 2.45) is 0 Å². The van der Waals surface area contributed by atoms with Gasteiger partial charge in [-0.25, -0.2) is 4.98 Å². The molecule has 0 saturated carbocycles. The SMILES string of the molecule is c1cc2c(cc1-c1nc(CNCCCN3CCCCC3)cs1)OCO2. The van der Waals surface area contributed by atoms with Gasteiger partial charge in [0.15, 0.2) is 11.5 Å². The number of benzene rings is 1. The highest BCUT2D eigenvalue weighted by molar-refractivity contribution is 7.13. The molecule has 0 spiro atoms. The van der Waals surface area contributed by atoms with Crippen LogP contribution in [0, 0.1) is 0 Å². The van der Waals surface area contributed by atoms with E-state index in [1.54, 1.807) is 11.3 Å². The Balaban J connectivity index is 1.23. The smallest absolute Gasteiger partial charge is 0.231 e. The van der Waals surface area contributed by atoms with Crippen LogP contribution in [0.3, 0.4) is 0 Å². The lowest BCUT2D eigenvalue weighted by molar-refractivity contribution is 0.174. The highest BCUT2D eigenvalue weighted by Gasteiger charge is 2.15. The molecule has 0 bridgehead atoms. The van der Waals surface area contributed by atoms with Crippen molar-refractivity contribution >= 4 is 11.3 Å². The second-order valence-electron chi connectivity index (χ2n) is 6.64. The van der Waals surface area contributed by atoms with Crippen LogP contribution in [0.25, 0.3) is 10.6 Å². The summed E-state index contributed by atoms with van der Waals surface area (Å²) >= 11 is 1.68. The summed E-state index contributed by atoms with van der Waals surface area (Å²) in [6.45, 7) is 5.97. The fourth-order valence-corrected chi connectivity index (χ4v) is 4.19. The summed E-state index contributed by atoms with van der Waals surface area (Å²) in [6.07, 6.45) is 5.35. The first-order chi connectivity index (χ1) is 12.4. The van der Waals surface area contributed by atoms with E-state index < -0.39 is 0 Å². The van der Waals surface area contributed by atoms with Crippen molar-refractivity contribution in [1.29, 1.82) is 0 Å². The third kappa shape index (κ3) is 4.32. The van der Waals surface area contributed by atoms with E-state index in [1.807, 2.05) is 18.2 Å². The van der Waals surface area contributed by atoms with Crippen molar-refractivity contribution in [2.75, 3.05) is 33.0 Å². The lowest BCUT2D eigenvalue weighted by atomic mass is 10.1.